The maximum Gasteiger partial charge on any atom is 0.0909 e. The van der Waals surface area contributed by atoms with Crippen LogP contribution in [0.4, 0.5) is 5.69 Å². The predicted molar refractivity (Wildman–Crippen MR) is 97.5 cm³/mol. The van der Waals surface area contributed by atoms with Crippen molar-refractivity contribution >= 4 is 44.1 Å². The van der Waals surface area contributed by atoms with E-state index in [1.807, 2.05) is 12.3 Å². The topological polar surface area (TPSA) is 34.6 Å². The summed E-state index contributed by atoms with van der Waals surface area (Å²) in [5.41, 5.74) is 2.05. The van der Waals surface area contributed by atoms with Crippen LogP contribution in [0, 0.1) is 5.92 Å². The number of anilines is 1. The highest BCUT2D eigenvalue weighted by molar-refractivity contribution is 9.10. The van der Waals surface area contributed by atoms with Crippen molar-refractivity contribution in [1.29, 1.82) is 0 Å². The minimum Gasteiger partial charge on any atom is -0.382 e. The number of aromatic nitrogens is 1. The van der Waals surface area contributed by atoms with E-state index in [4.69, 9.17) is 21.1 Å². The highest BCUT2D eigenvalue weighted by atomic mass is 79.9. The van der Waals surface area contributed by atoms with Gasteiger partial charge in [-0.25, -0.2) is 0 Å². The molecule has 1 aliphatic heterocycles. The van der Waals surface area contributed by atoms with Crippen molar-refractivity contribution in [3.05, 3.63) is 33.9 Å². The van der Waals surface area contributed by atoms with Crippen LogP contribution in [0.1, 0.15) is 6.42 Å². The number of ether oxygens (including phenoxy) is 2. The largest absolute Gasteiger partial charge is 0.382 e. The van der Waals surface area contributed by atoms with Gasteiger partial charge in [-0.1, -0.05) is 27.5 Å². The van der Waals surface area contributed by atoms with Crippen molar-refractivity contribution in [1.82, 2.24) is 4.98 Å². The Morgan fingerprint density at radius 1 is 1.39 bits per heavy atom. The van der Waals surface area contributed by atoms with Crippen LogP contribution in [0.3, 0.4) is 0 Å². The quantitative estimate of drug-likeness (QED) is 0.684. The molecule has 1 aromatic heterocycles. The highest BCUT2D eigenvalue weighted by Gasteiger charge is 2.24. The minimum absolute atomic E-state index is 0.553. The maximum absolute atomic E-state index is 6.33. The number of hydrogen-bond acceptors (Lipinski definition) is 4. The number of methoxy groups -OCH3 is 1. The summed E-state index contributed by atoms with van der Waals surface area (Å²) in [6.07, 6.45) is 2.97. The van der Waals surface area contributed by atoms with Gasteiger partial charge in [-0.15, -0.1) is 0 Å². The van der Waals surface area contributed by atoms with Gasteiger partial charge in [-0.2, -0.15) is 0 Å². The fourth-order valence-corrected chi connectivity index (χ4v) is 3.88. The Morgan fingerprint density at radius 2 is 2.26 bits per heavy atom. The van der Waals surface area contributed by atoms with Crippen LogP contribution in [0.5, 0.6) is 0 Å². The van der Waals surface area contributed by atoms with E-state index in [-0.39, 0.29) is 0 Å². The molecule has 0 radical (unpaired) electrons. The highest BCUT2D eigenvalue weighted by Crippen LogP contribution is 2.35. The molecule has 0 saturated carbocycles. The molecule has 4 nitrogen and oxygen atoms in total. The summed E-state index contributed by atoms with van der Waals surface area (Å²) >= 11 is 9.85. The molecule has 23 heavy (non-hydrogen) atoms. The van der Waals surface area contributed by atoms with Gasteiger partial charge < -0.3 is 14.4 Å². The van der Waals surface area contributed by atoms with Gasteiger partial charge in [0.05, 0.1) is 30.4 Å². The third-order valence-electron chi connectivity index (χ3n) is 4.15. The van der Waals surface area contributed by atoms with Gasteiger partial charge >= 0.3 is 0 Å². The Kier molecular flexibility index (Phi) is 5.75. The first-order chi connectivity index (χ1) is 11.2. The second-order valence-corrected chi connectivity index (χ2v) is 7.11. The fourth-order valence-electron chi connectivity index (χ4n) is 3.02. The summed E-state index contributed by atoms with van der Waals surface area (Å²) in [5, 5.41) is 1.77. The molecule has 6 heteroatoms. The van der Waals surface area contributed by atoms with Crippen molar-refractivity contribution in [3.63, 3.8) is 0 Å². The molecule has 0 N–H and O–H groups in total. The van der Waals surface area contributed by atoms with Gasteiger partial charge in [0, 0.05) is 47.9 Å². The minimum atomic E-state index is 0.553. The zero-order chi connectivity index (χ0) is 16.2. The van der Waals surface area contributed by atoms with E-state index in [1.54, 1.807) is 7.11 Å². The summed E-state index contributed by atoms with van der Waals surface area (Å²) < 4.78 is 11.7. The van der Waals surface area contributed by atoms with E-state index in [0.29, 0.717) is 24.2 Å². The van der Waals surface area contributed by atoms with E-state index in [0.717, 1.165) is 41.5 Å². The number of fused-ring (bicyclic) bond motifs is 1. The summed E-state index contributed by atoms with van der Waals surface area (Å²) in [7, 11) is 1.69. The molecule has 1 unspecified atom stereocenters. The normalized spacial score (nSPS) is 18.0. The van der Waals surface area contributed by atoms with Gasteiger partial charge in [-0.3, -0.25) is 4.98 Å². The number of nitrogens with zero attached hydrogens (tertiary/aromatic N) is 2. The van der Waals surface area contributed by atoms with E-state index in [1.165, 1.54) is 5.69 Å². The van der Waals surface area contributed by atoms with Crippen molar-refractivity contribution < 1.29 is 9.47 Å². The van der Waals surface area contributed by atoms with Gasteiger partial charge in [0.2, 0.25) is 0 Å². The SMILES string of the molecule is COCCOCC1CCN(c2ccnc3c(Cl)cc(Br)cc23)C1. The Bertz CT molecular complexity index is 683. The van der Waals surface area contributed by atoms with E-state index >= 15 is 0 Å². The lowest BCUT2D eigenvalue weighted by molar-refractivity contribution is 0.0549. The smallest absolute Gasteiger partial charge is 0.0909 e. The maximum atomic E-state index is 6.33. The van der Waals surface area contributed by atoms with Crippen LogP contribution in [-0.4, -0.2) is 45.0 Å². The van der Waals surface area contributed by atoms with Gasteiger partial charge in [0.25, 0.3) is 0 Å². The number of halogens is 2. The van der Waals surface area contributed by atoms with Crippen molar-refractivity contribution in [2.24, 2.45) is 5.92 Å². The molecule has 2 heterocycles. The lowest BCUT2D eigenvalue weighted by Gasteiger charge is -2.21. The van der Waals surface area contributed by atoms with Crippen molar-refractivity contribution in [2.75, 3.05) is 44.9 Å². The molecule has 3 rings (SSSR count). The van der Waals surface area contributed by atoms with E-state index in [9.17, 15) is 0 Å². The predicted octanol–water partition coefficient (Wildman–Crippen LogP) is 4.14. The first-order valence-electron chi connectivity index (χ1n) is 7.74. The average Bonchev–Trinajstić information content (AvgIpc) is 3.00. The van der Waals surface area contributed by atoms with Crippen LogP contribution < -0.4 is 4.90 Å². The van der Waals surface area contributed by atoms with Crippen LogP contribution >= 0.6 is 27.5 Å². The molecule has 2 aromatic rings. The monoisotopic (exact) mass is 398 g/mol. The van der Waals surface area contributed by atoms with E-state index in [2.05, 4.69) is 37.9 Å². The fraction of sp³-hybridized carbons (Fsp3) is 0.471. The lowest BCUT2D eigenvalue weighted by atomic mass is 10.1. The van der Waals surface area contributed by atoms with Crippen LogP contribution in [0.25, 0.3) is 10.9 Å². The first kappa shape index (κ1) is 17.0. The van der Waals surface area contributed by atoms with Gasteiger partial charge in [0.1, 0.15) is 0 Å². The molecular weight excluding hydrogens is 380 g/mol. The summed E-state index contributed by atoms with van der Waals surface area (Å²) in [6, 6.07) is 6.04. The molecule has 0 bridgehead atoms. The number of benzene rings is 1. The number of hydrogen-bond donors (Lipinski definition) is 0. The zero-order valence-electron chi connectivity index (χ0n) is 13.1. The molecular formula is C17H20BrClN2O2. The zero-order valence-corrected chi connectivity index (χ0v) is 15.4. The Morgan fingerprint density at radius 3 is 3.09 bits per heavy atom. The van der Waals surface area contributed by atoms with Gasteiger partial charge in [-0.05, 0) is 24.6 Å². The third kappa shape index (κ3) is 3.97. The second kappa shape index (κ2) is 7.79. The Balaban J connectivity index is 1.74. The molecule has 1 fully saturated rings. The molecule has 1 aromatic carbocycles. The molecule has 124 valence electrons. The van der Waals surface area contributed by atoms with Crippen molar-refractivity contribution in [2.45, 2.75) is 6.42 Å². The second-order valence-electron chi connectivity index (χ2n) is 5.78. The van der Waals surface area contributed by atoms with Gasteiger partial charge in [0.15, 0.2) is 0 Å². The molecule has 0 aliphatic carbocycles. The van der Waals surface area contributed by atoms with Crippen LogP contribution in [0.15, 0.2) is 28.9 Å². The number of pyridine rings is 1. The summed E-state index contributed by atoms with van der Waals surface area (Å²) in [4.78, 5) is 6.82. The lowest BCUT2D eigenvalue weighted by Crippen LogP contribution is -2.22. The molecule has 1 saturated heterocycles. The first-order valence-corrected chi connectivity index (χ1v) is 8.91. The summed E-state index contributed by atoms with van der Waals surface area (Å²) in [6.45, 7) is 4.12. The molecule has 0 spiro atoms. The Labute approximate surface area is 149 Å². The average molecular weight is 400 g/mol. The summed E-state index contributed by atoms with van der Waals surface area (Å²) in [5.74, 6) is 0.553. The van der Waals surface area contributed by atoms with Crippen LogP contribution in [-0.2, 0) is 9.47 Å². The Hall–Kier alpha value is -0.880. The third-order valence-corrected chi connectivity index (χ3v) is 4.90. The van der Waals surface area contributed by atoms with Crippen molar-refractivity contribution in [3.8, 4) is 0 Å². The molecule has 1 aliphatic rings. The standard InChI is InChI=1S/C17H20BrClN2O2/c1-22-6-7-23-11-12-3-5-21(10-12)16-2-4-20-17-14(16)8-13(18)9-15(17)19/h2,4,8-9,12H,3,5-7,10-11H2,1H3. The number of rotatable bonds is 6. The molecule has 0 amide bonds. The van der Waals surface area contributed by atoms with Crippen LogP contribution in [0.2, 0.25) is 5.02 Å². The molecule has 1 atom stereocenters. The van der Waals surface area contributed by atoms with E-state index < -0.39 is 0 Å².